The number of furan rings is 1. The van der Waals surface area contributed by atoms with E-state index in [-0.39, 0.29) is 0 Å². The minimum absolute atomic E-state index is 0.906. The Labute approximate surface area is 286 Å². The second kappa shape index (κ2) is 12.0. The second-order valence-electron chi connectivity index (χ2n) is 12.6. The van der Waals surface area contributed by atoms with Gasteiger partial charge in [0.05, 0.1) is 0 Å². The lowest BCUT2D eigenvalue weighted by atomic mass is 9.96. The zero-order valence-corrected chi connectivity index (χ0v) is 27.2. The van der Waals surface area contributed by atoms with Crippen molar-refractivity contribution >= 4 is 49.6 Å². The number of fused-ring (bicyclic) bond motifs is 3. The highest BCUT2D eigenvalue weighted by atomic mass is 16.3. The summed E-state index contributed by atoms with van der Waals surface area (Å²) < 4.78 is 6.39. The number of benzene rings is 8. The molecule has 0 amide bonds. The van der Waals surface area contributed by atoms with Crippen molar-refractivity contribution < 1.29 is 4.42 Å². The predicted octanol–water partition coefficient (Wildman–Crippen LogP) is 13.5. The summed E-state index contributed by atoms with van der Waals surface area (Å²) >= 11 is 0. The molecule has 9 rings (SSSR count). The summed E-state index contributed by atoms with van der Waals surface area (Å²) in [6.45, 7) is 2.14. The summed E-state index contributed by atoms with van der Waals surface area (Å²) in [4.78, 5) is 2.33. The first-order chi connectivity index (χ1) is 24.2. The van der Waals surface area contributed by atoms with Crippen LogP contribution in [-0.4, -0.2) is 0 Å². The molecule has 0 aliphatic heterocycles. The van der Waals surface area contributed by atoms with E-state index in [4.69, 9.17) is 4.42 Å². The van der Waals surface area contributed by atoms with Gasteiger partial charge in [-0.05, 0) is 93.2 Å². The van der Waals surface area contributed by atoms with Crippen LogP contribution in [0, 0.1) is 6.92 Å². The van der Waals surface area contributed by atoms with Crippen LogP contribution in [0.5, 0.6) is 0 Å². The Hall–Kier alpha value is -6.38. The molecule has 0 fully saturated rings. The largest absolute Gasteiger partial charge is 0.456 e. The third-order valence-corrected chi connectivity index (χ3v) is 9.65. The van der Waals surface area contributed by atoms with Crippen molar-refractivity contribution in [1.29, 1.82) is 0 Å². The van der Waals surface area contributed by atoms with Gasteiger partial charge in [-0.25, -0.2) is 0 Å². The normalized spacial score (nSPS) is 11.4. The van der Waals surface area contributed by atoms with E-state index >= 15 is 0 Å². The number of rotatable bonds is 6. The lowest BCUT2D eigenvalue weighted by Gasteiger charge is -2.26. The molecule has 0 atom stereocenters. The summed E-state index contributed by atoms with van der Waals surface area (Å²) in [5.41, 5.74) is 11.2. The maximum atomic E-state index is 6.39. The van der Waals surface area contributed by atoms with Gasteiger partial charge in [0.15, 0.2) is 0 Å². The number of para-hydroxylation sites is 1. The number of hydrogen-bond donors (Lipinski definition) is 0. The Morgan fingerprint density at radius 3 is 1.78 bits per heavy atom. The fourth-order valence-electron chi connectivity index (χ4n) is 7.12. The van der Waals surface area contributed by atoms with Crippen LogP contribution in [-0.2, 0) is 0 Å². The number of hydrogen-bond acceptors (Lipinski definition) is 2. The molecule has 0 saturated carbocycles. The van der Waals surface area contributed by atoms with Crippen LogP contribution in [0.15, 0.2) is 186 Å². The highest BCUT2D eigenvalue weighted by molar-refractivity contribution is 5.97. The van der Waals surface area contributed by atoms with Crippen LogP contribution in [0.25, 0.3) is 66.1 Å². The minimum atomic E-state index is 0.906. The van der Waals surface area contributed by atoms with Crippen molar-refractivity contribution in [2.75, 3.05) is 4.90 Å². The molecule has 0 unspecified atom stereocenters. The lowest BCUT2D eigenvalue weighted by molar-refractivity contribution is 0.629. The highest BCUT2D eigenvalue weighted by Gasteiger charge is 2.17. The Balaban J connectivity index is 1.10. The van der Waals surface area contributed by atoms with Crippen LogP contribution in [0.4, 0.5) is 17.1 Å². The van der Waals surface area contributed by atoms with E-state index in [1.54, 1.807) is 0 Å². The maximum Gasteiger partial charge on any atom is 0.138 e. The molecule has 2 heteroatoms. The van der Waals surface area contributed by atoms with Gasteiger partial charge in [0.1, 0.15) is 11.3 Å². The Morgan fingerprint density at radius 1 is 0.388 bits per heavy atom. The van der Waals surface area contributed by atoms with Crippen molar-refractivity contribution in [3.63, 3.8) is 0 Å². The van der Waals surface area contributed by atoms with Crippen LogP contribution < -0.4 is 4.90 Å². The molecule has 9 aromatic rings. The van der Waals surface area contributed by atoms with E-state index in [0.29, 0.717) is 0 Å². The Bertz CT molecular complexity index is 2610. The zero-order chi connectivity index (χ0) is 32.7. The topological polar surface area (TPSA) is 16.4 Å². The van der Waals surface area contributed by atoms with E-state index in [0.717, 1.165) is 44.9 Å². The van der Waals surface area contributed by atoms with Crippen molar-refractivity contribution in [3.05, 3.63) is 188 Å². The van der Waals surface area contributed by atoms with Crippen LogP contribution in [0.1, 0.15) is 5.56 Å². The van der Waals surface area contributed by atoms with E-state index in [1.807, 2.05) is 12.1 Å². The highest BCUT2D eigenvalue weighted by Crippen LogP contribution is 2.40. The first-order valence-corrected chi connectivity index (χ1v) is 16.8. The SMILES string of the molecule is Cc1c(-c2cccc(N(c3ccc(-c4ccc(-c5cccc6ccccc56)cc4)cc3)c3ccc4ccccc4c3)c2)oc2ccccc12. The van der Waals surface area contributed by atoms with Gasteiger partial charge in [-0.15, -0.1) is 0 Å². The minimum Gasteiger partial charge on any atom is -0.456 e. The van der Waals surface area contributed by atoms with Gasteiger partial charge in [-0.2, -0.15) is 0 Å². The molecule has 232 valence electrons. The molecule has 0 saturated heterocycles. The Kier molecular flexibility index (Phi) is 7.06. The van der Waals surface area contributed by atoms with Crippen molar-refractivity contribution in [2.24, 2.45) is 0 Å². The molecule has 0 N–H and O–H groups in total. The van der Waals surface area contributed by atoms with Gasteiger partial charge in [0.25, 0.3) is 0 Å². The van der Waals surface area contributed by atoms with Crippen LogP contribution in [0.2, 0.25) is 0 Å². The summed E-state index contributed by atoms with van der Waals surface area (Å²) in [5.74, 6) is 0.906. The average molecular weight is 628 g/mol. The van der Waals surface area contributed by atoms with Gasteiger partial charge >= 0.3 is 0 Å². The lowest BCUT2D eigenvalue weighted by Crippen LogP contribution is -2.10. The molecule has 0 radical (unpaired) electrons. The Morgan fingerprint density at radius 2 is 0.980 bits per heavy atom. The van der Waals surface area contributed by atoms with Crippen molar-refractivity contribution in [3.8, 4) is 33.6 Å². The summed E-state index contributed by atoms with van der Waals surface area (Å²) in [5, 5.41) is 6.11. The van der Waals surface area contributed by atoms with E-state index in [9.17, 15) is 0 Å². The monoisotopic (exact) mass is 627 g/mol. The maximum absolute atomic E-state index is 6.39. The third kappa shape index (κ3) is 5.24. The van der Waals surface area contributed by atoms with Gasteiger partial charge < -0.3 is 9.32 Å². The molecule has 0 bridgehead atoms. The van der Waals surface area contributed by atoms with E-state index in [2.05, 4.69) is 182 Å². The molecule has 0 aliphatic rings. The standard InChI is InChI=1S/C47H33NO/c1-32-43-16-6-7-19-46(43)49-47(32)39-14-8-15-41(31-39)48(42-29-26-33-10-2-3-12-38(33)30-42)40-27-24-35(25-28-40)34-20-22-37(23-21-34)45-18-9-13-36-11-4-5-17-44(36)45/h2-31H,1H3. The average Bonchev–Trinajstić information content (AvgIpc) is 3.51. The molecule has 49 heavy (non-hydrogen) atoms. The zero-order valence-electron chi connectivity index (χ0n) is 27.2. The van der Waals surface area contributed by atoms with Crippen molar-refractivity contribution in [2.45, 2.75) is 6.92 Å². The summed E-state index contributed by atoms with van der Waals surface area (Å²) in [6, 6.07) is 65.1. The van der Waals surface area contributed by atoms with Gasteiger partial charge in [-0.3, -0.25) is 0 Å². The second-order valence-corrected chi connectivity index (χ2v) is 12.6. The fourth-order valence-corrected chi connectivity index (χ4v) is 7.12. The van der Waals surface area contributed by atoms with Gasteiger partial charge in [-0.1, -0.05) is 140 Å². The number of anilines is 3. The number of nitrogens with zero attached hydrogens (tertiary/aromatic N) is 1. The van der Waals surface area contributed by atoms with Crippen LogP contribution in [0.3, 0.4) is 0 Å². The van der Waals surface area contributed by atoms with Crippen LogP contribution >= 0.6 is 0 Å². The first kappa shape index (κ1) is 28.8. The predicted molar refractivity (Wildman–Crippen MR) is 207 cm³/mol. The molecule has 1 heterocycles. The summed E-state index contributed by atoms with van der Waals surface area (Å²) in [6.07, 6.45) is 0. The number of aryl methyl sites for hydroxylation is 1. The van der Waals surface area contributed by atoms with Gasteiger partial charge in [0.2, 0.25) is 0 Å². The molecule has 0 aliphatic carbocycles. The van der Waals surface area contributed by atoms with E-state index < -0.39 is 0 Å². The smallest absolute Gasteiger partial charge is 0.138 e. The molecular formula is C47H33NO. The first-order valence-electron chi connectivity index (χ1n) is 16.8. The van der Waals surface area contributed by atoms with Crippen molar-refractivity contribution in [1.82, 2.24) is 0 Å². The van der Waals surface area contributed by atoms with Gasteiger partial charge in [0, 0.05) is 33.6 Å². The fraction of sp³-hybridized carbons (Fsp3) is 0.0213. The molecule has 1 aromatic heterocycles. The third-order valence-electron chi connectivity index (χ3n) is 9.65. The molecule has 8 aromatic carbocycles. The quantitative estimate of drug-likeness (QED) is 0.182. The molecule has 2 nitrogen and oxygen atoms in total. The van der Waals surface area contributed by atoms with E-state index in [1.165, 1.54) is 43.8 Å². The molecule has 0 spiro atoms. The molecular weight excluding hydrogens is 595 g/mol. The summed E-state index contributed by atoms with van der Waals surface area (Å²) in [7, 11) is 0.